The normalized spacial score (nSPS) is 10.9. The first-order chi connectivity index (χ1) is 8.01. The number of aryl methyl sites for hydroxylation is 1. The summed E-state index contributed by atoms with van der Waals surface area (Å²) in [6.45, 7) is 3.01. The molecule has 0 atom stereocenters. The summed E-state index contributed by atoms with van der Waals surface area (Å²) in [5.41, 5.74) is 5.53. The highest BCUT2D eigenvalue weighted by Gasteiger charge is 2.22. The minimum atomic E-state index is -2.55. The van der Waals surface area contributed by atoms with Gasteiger partial charge in [-0.2, -0.15) is 0 Å². The Morgan fingerprint density at radius 1 is 1.53 bits per heavy atom. The summed E-state index contributed by atoms with van der Waals surface area (Å²) in [4.78, 5) is 15.4. The molecule has 0 unspecified atom stereocenters. The summed E-state index contributed by atoms with van der Waals surface area (Å²) in [6, 6.07) is 0. The van der Waals surface area contributed by atoms with Crippen LogP contribution in [-0.2, 0) is 17.7 Å². The maximum atomic E-state index is 12.4. The number of alkyl halides is 2. The predicted molar refractivity (Wildman–Crippen MR) is 58.0 cm³/mol. The highest BCUT2D eigenvalue weighted by Crippen LogP contribution is 2.18. The Morgan fingerprint density at radius 3 is 2.65 bits per heavy atom. The van der Waals surface area contributed by atoms with E-state index in [2.05, 4.69) is 4.98 Å². The highest BCUT2D eigenvalue weighted by atomic mass is 19.3. The Morgan fingerprint density at radius 2 is 2.18 bits per heavy atom. The molecule has 1 rings (SSSR count). The molecule has 1 aromatic heterocycles. The lowest BCUT2D eigenvalue weighted by Gasteiger charge is -2.07. The van der Waals surface area contributed by atoms with Crippen molar-refractivity contribution in [2.24, 2.45) is 0 Å². The van der Waals surface area contributed by atoms with Crippen LogP contribution in [0.1, 0.15) is 30.2 Å². The molecule has 0 aliphatic heterocycles. The van der Waals surface area contributed by atoms with E-state index in [0.29, 0.717) is 12.2 Å². The van der Waals surface area contributed by atoms with Gasteiger partial charge in [-0.25, -0.2) is 18.6 Å². The van der Waals surface area contributed by atoms with E-state index in [1.54, 1.807) is 13.8 Å². The summed E-state index contributed by atoms with van der Waals surface area (Å²) in [7, 11) is 0. The summed E-state index contributed by atoms with van der Waals surface area (Å²) in [5.74, 6) is -0.404. The zero-order valence-electron chi connectivity index (χ0n) is 9.74. The number of nitrogens with two attached hydrogens (primary N) is 1. The molecular formula is C10H15F2N3O2. The topological polar surface area (TPSA) is 70.1 Å². The number of carbonyl (C=O) groups excluding carboxylic acids is 1. The van der Waals surface area contributed by atoms with Gasteiger partial charge in [-0.05, 0) is 6.92 Å². The van der Waals surface area contributed by atoms with Gasteiger partial charge in [0, 0.05) is 6.42 Å². The molecular weight excluding hydrogens is 232 g/mol. The van der Waals surface area contributed by atoms with Crippen molar-refractivity contribution in [2.75, 3.05) is 12.3 Å². The van der Waals surface area contributed by atoms with Gasteiger partial charge < -0.3 is 15.0 Å². The summed E-state index contributed by atoms with van der Waals surface area (Å²) in [5, 5.41) is 0. The first-order valence-corrected chi connectivity index (χ1v) is 5.31. The van der Waals surface area contributed by atoms with Gasteiger partial charge in [-0.1, -0.05) is 6.92 Å². The van der Waals surface area contributed by atoms with E-state index in [1.807, 2.05) is 0 Å². The predicted octanol–water partition coefficient (Wildman–Crippen LogP) is 1.47. The number of anilines is 1. The van der Waals surface area contributed by atoms with Crippen LogP contribution in [0, 0.1) is 0 Å². The molecule has 0 fully saturated rings. The fourth-order valence-corrected chi connectivity index (χ4v) is 1.47. The second-order valence-electron chi connectivity index (χ2n) is 3.34. The Labute approximate surface area is 97.6 Å². The van der Waals surface area contributed by atoms with Crippen molar-refractivity contribution >= 4 is 11.8 Å². The Kier molecular flexibility index (Phi) is 4.42. The number of nitrogens with zero attached hydrogens (tertiary/aromatic N) is 2. The molecule has 0 aliphatic rings. The molecule has 0 saturated carbocycles. The SMILES string of the molecule is CCOC(=O)c1nc(CC)n(CC(F)F)c1N. The van der Waals surface area contributed by atoms with Gasteiger partial charge in [0.15, 0.2) is 5.69 Å². The molecule has 0 radical (unpaired) electrons. The van der Waals surface area contributed by atoms with Crippen LogP contribution in [0.4, 0.5) is 14.6 Å². The number of esters is 1. The second kappa shape index (κ2) is 5.60. The molecule has 0 bridgehead atoms. The minimum absolute atomic E-state index is 0.0689. The van der Waals surface area contributed by atoms with Gasteiger partial charge in [-0.15, -0.1) is 0 Å². The van der Waals surface area contributed by atoms with Crippen molar-refractivity contribution in [3.8, 4) is 0 Å². The van der Waals surface area contributed by atoms with Crippen LogP contribution in [-0.4, -0.2) is 28.6 Å². The Balaban J connectivity index is 3.09. The molecule has 7 heteroatoms. The van der Waals surface area contributed by atoms with Crippen molar-refractivity contribution < 1.29 is 18.3 Å². The summed E-state index contributed by atoms with van der Waals surface area (Å²) >= 11 is 0. The number of ether oxygens (including phenoxy) is 1. The standard InChI is InChI=1S/C10H15F2N3O2/c1-3-7-14-8(10(16)17-4-2)9(13)15(7)5-6(11)12/h6H,3-5,13H2,1-2H3. The molecule has 17 heavy (non-hydrogen) atoms. The Hall–Kier alpha value is -1.66. The quantitative estimate of drug-likeness (QED) is 0.800. The van der Waals surface area contributed by atoms with Crippen LogP contribution in [0.2, 0.25) is 0 Å². The largest absolute Gasteiger partial charge is 0.461 e. The first-order valence-electron chi connectivity index (χ1n) is 5.31. The van der Waals surface area contributed by atoms with Crippen LogP contribution in [0.3, 0.4) is 0 Å². The number of rotatable bonds is 5. The maximum absolute atomic E-state index is 12.4. The van der Waals surface area contributed by atoms with Crippen molar-refractivity contribution in [3.05, 3.63) is 11.5 Å². The number of halogens is 2. The molecule has 2 N–H and O–H groups in total. The lowest BCUT2D eigenvalue weighted by molar-refractivity contribution is 0.0521. The van der Waals surface area contributed by atoms with Gasteiger partial charge in [0.2, 0.25) is 0 Å². The Bertz CT molecular complexity index is 405. The molecule has 0 saturated heterocycles. The van der Waals surface area contributed by atoms with Crippen LogP contribution >= 0.6 is 0 Å². The van der Waals surface area contributed by atoms with Gasteiger partial charge in [-0.3, -0.25) is 0 Å². The van der Waals surface area contributed by atoms with E-state index in [4.69, 9.17) is 10.5 Å². The van der Waals surface area contributed by atoms with Crippen LogP contribution in [0.15, 0.2) is 0 Å². The average Bonchev–Trinajstić information content (AvgIpc) is 2.56. The molecule has 5 nitrogen and oxygen atoms in total. The number of carbonyl (C=O) groups is 1. The zero-order valence-corrected chi connectivity index (χ0v) is 9.74. The average molecular weight is 247 g/mol. The zero-order chi connectivity index (χ0) is 13.0. The second-order valence-corrected chi connectivity index (χ2v) is 3.34. The summed E-state index contributed by atoms with van der Waals surface area (Å²) < 4.78 is 30.6. The van der Waals surface area contributed by atoms with E-state index in [9.17, 15) is 13.6 Å². The lowest BCUT2D eigenvalue weighted by Crippen LogP contribution is -2.13. The van der Waals surface area contributed by atoms with Gasteiger partial charge in [0.1, 0.15) is 11.6 Å². The number of aromatic nitrogens is 2. The lowest BCUT2D eigenvalue weighted by atomic mass is 10.4. The van der Waals surface area contributed by atoms with E-state index in [1.165, 1.54) is 0 Å². The molecule has 1 aromatic rings. The van der Waals surface area contributed by atoms with Gasteiger partial charge in [0.25, 0.3) is 6.43 Å². The molecule has 0 aliphatic carbocycles. The molecule has 1 heterocycles. The fourth-order valence-electron chi connectivity index (χ4n) is 1.47. The summed E-state index contributed by atoms with van der Waals surface area (Å²) in [6.07, 6.45) is -2.14. The third-order valence-corrected chi connectivity index (χ3v) is 2.19. The van der Waals surface area contributed by atoms with Crippen LogP contribution < -0.4 is 5.73 Å². The third-order valence-electron chi connectivity index (χ3n) is 2.19. The molecule has 0 aromatic carbocycles. The van der Waals surface area contributed by atoms with Crippen molar-refractivity contribution in [3.63, 3.8) is 0 Å². The number of hydrogen-bond donors (Lipinski definition) is 1. The van der Waals surface area contributed by atoms with Crippen molar-refractivity contribution in [1.29, 1.82) is 0 Å². The first kappa shape index (κ1) is 13.4. The van der Waals surface area contributed by atoms with Crippen LogP contribution in [0.25, 0.3) is 0 Å². The fraction of sp³-hybridized carbons (Fsp3) is 0.600. The highest BCUT2D eigenvalue weighted by molar-refractivity contribution is 5.92. The maximum Gasteiger partial charge on any atom is 0.360 e. The van der Waals surface area contributed by atoms with E-state index in [-0.39, 0.29) is 18.1 Å². The smallest absolute Gasteiger partial charge is 0.360 e. The van der Waals surface area contributed by atoms with Crippen molar-refractivity contribution in [1.82, 2.24) is 9.55 Å². The molecule has 96 valence electrons. The number of imidazole rings is 1. The monoisotopic (exact) mass is 247 g/mol. The van der Waals surface area contributed by atoms with Gasteiger partial charge in [0.05, 0.1) is 13.2 Å². The minimum Gasteiger partial charge on any atom is -0.461 e. The number of hydrogen-bond acceptors (Lipinski definition) is 4. The van der Waals surface area contributed by atoms with E-state index >= 15 is 0 Å². The number of nitrogen functional groups attached to an aromatic ring is 1. The van der Waals surface area contributed by atoms with Gasteiger partial charge >= 0.3 is 5.97 Å². The van der Waals surface area contributed by atoms with E-state index < -0.39 is 18.9 Å². The van der Waals surface area contributed by atoms with Crippen molar-refractivity contribution in [2.45, 2.75) is 33.2 Å². The molecule has 0 amide bonds. The van der Waals surface area contributed by atoms with E-state index in [0.717, 1.165) is 4.57 Å². The molecule has 0 spiro atoms. The third kappa shape index (κ3) is 2.92. The van der Waals surface area contributed by atoms with Crippen LogP contribution in [0.5, 0.6) is 0 Å².